The van der Waals surface area contributed by atoms with E-state index in [0.29, 0.717) is 17.3 Å². The van der Waals surface area contributed by atoms with E-state index in [9.17, 15) is 4.79 Å². The minimum absolute atomic E-state index is 0.0802. The third-order valence-corrected chi connectivity index (χ3v) is 4.80. The van der Waals surface area contributed by atoms with Gasteiger partial charge in [0.15, 0.2) is 5.60 Å². The number of halogens is 1. The topological polar surface area (TPSA) is 38.3 Å². The minimum Gasteiger partial charge on any atom is -0.478 e. The molecule has 0 bridgehead atoms. The van der Waals surface area contributed by atoms with Gasteiger partial charge in [-0.05, 0) is 44.5 Å². The van der Waals surface area contributed by atoms with Gasteiger partial charge >= 0.3 is 0 Å². The maximum Gasteiger partial charge on any atom is 0.263 e. The highest BCUT2D eigenvalue weighted by Crippen LogP contribution is 2.21. The molecule has 1 rings (SSSR count). The van der Waals surface area contributed by atoms with Crippen molar-refractivity contribution in [2.24, 2.45) is 0 Å². The highest BCUT2D eigenvalue weighted by molar-refractivity contribution is 6.30. The van der Waals surface area contributed by atoms with E-state index in [4.69, 9.17) is 16.3 Å². The fourth-order valence-corrected chi connectivity index (χ4v) is 3.00. The number of hydrogen-bond donors (Lipinski definition) is 1. The second-order valence-electron chi connectivity index (χ2n) is 7.50. The Balaban J connectivity index is 2.09. The molecule has 0 aromatic heterocycles. The summed E-state index contributed by atoms with van der Waals surface area (Å²) in [5.74, 6) is 0.567. The van der Waals surface area contributed by atoms with Gasteiger partial charge in [0, 0.05) is 11.6 Å². The van der Waals surface area contributed by atoms with Crippen molar-refractivity contribution in [1.29, 1.82) is 0 Å². The first-order chi connectivity index (χ1) is 12.5. The number of carbonyl (C=O) groups is 1. The molecule has 3 nitrogen and oxygen atoms in total. The van der Waals surface area contributed by atoms with E-state index >= 15 is 0 Å². The first-order valence-corrected chi connectivity index (χ1v) is 10.6. The second-order valence-corrected chi connectivity index (χ2v) is 7.94. The molecule has 1 N–H and O–H groups in total. The minimum atomic E-state index is -0.897. The van der Waals surface area contributed by atoms with Crippen LogP contribution in [-0.4, -0.2) is 18.1 Å². The zero-order chi connectivity index (χ0) is 19.3. The lowest BCUT2D eigenvalue weighted by Crippen LogP contribution is -2.46. The predicted molar refractivity (Wildman–Crippen MR) is 111 cm³/mol. The predicted octanol–water partition coefficient (Wildman–Crippen LogP) is 6.53. The van der Waals surface area contributed by atoms with Gasteiger partial charge in [-0.15, -0.1) is 0 Å². The van der Waals surface area contributed by atoms with Gasteiger partial charge in [-0.3, -0.25) is 4.79 Å². The lowest BCUT2D eigenvalue weighted by molar-refractivity contribution is -0.134. The van der Waals surface area contributed by atoms with Crippen molar-refractivity contribution in [3.05, 3.63) is 29.3 Å². The molecule has 26 heavy (non-hydrogen) atoms. The van der Waals surface area contributed by atoms with Crippen LogP contribution in [0.25, 0.3) is 0 Å². The van der Waals surface area contributed by atoms with Crippen LogP contribution < -0.4 is 10.1 Å². The van der Waals surface area contributed by atoms with Crippen molar-refractivity contribution >= 4 is 17.5 Å². The molecule has 1 aromatic carbocycles. The van der Waals surface area contributed by atoms with E-state index < -0.39 is 5.60 Å². The Morgan fingerprint density at radius 2 is 1.42 bits per heavy atom. The molecule has 0 unspecified atom stereocenters. The number of amides is 1. The van der Waals surface area contributed by atoms with E-state index in [2.05, 4.69) is 12.2 Å². The Morgan fingerprint density at radius 1 is 0.923 bits per heavy atom. The van der Waals surface area contributed by atoms with Gasteiger partial charge in [0.05, 0.1) is 0 Å². The summed E-state index contributed by atoms with van der Waals surface area (Å²) in [6, 6.07) is 7.07. The molecule has 0 radical (unpaired) electrons. The monoisotopic (exact) mass is 381 g/mol. The van der Waals surface area contributed by atoms with Crippen LogP contribution in [0.5, 0.6) is 5.75 Å². The lowest BCUT2D eigenvalue weighted by Gasteiger charge is -2.25. The zero-order valence-corrected chi connectivity index (χ0v) is 17.5. The summed E-state index contributed by atoms with van der Waals surface area (Å²) in [4.78, 5) is 12.3. The highest BCUT2D eigenvalue weighted by atomic mass is 35.5. The van der Waals surface area contributed by atoms with Crippen LogP contribution in [0.2, 0.25) is 5.02 Å². The van der Waals surface area contributed by atoms with E-state index in [0.717, 1.165) is 6.42 Å². The summed E-state index contributed by atoms with van der Waals surface area (Å²) in [5, 5.41) is 3.64. The van der Waals surface area contributed by atoms with Crippen molar-refractivity contribution < 1.29 is 9.53 Å². The Labute approximate surface area is 164 Å². The number of nitrogens with one attached hydrogen (secondary N) is 1. The molecule has 0 atom stereocenters. The highest BCUT2D eigenvalue weighted by Gasteiger charge is 2.29. The standard InChI is InChI=1S/C22H36ClNO2/c1-4-5-6-7-8-9-10-11-12-13-18-24-21(25)22(2,3)26-20-16-14-19(23)15-17-20/h14-17H,4-13,18H2,1-3H3,(H,24,25). The molecule has 0 aliphatic rings. The fourth-order valence-electron chi connectivity index (χ4n) is 2.87. The number of ether oxygens (including phenoxy) is 1. The van der Waals surface area contributed by atoms with Crippen LogP contribution in [0.15, 0.2) is 24.3 Å². The molecule has 148 valence electrons. The molecular formula is C22H36ClNO2. The SMILES string of the molecule is CCCCCCCCCCCCNC(=O)C(C)(C)Oc1ccc(Cl)cc1. The van der Waals surface area contributed by atoms with E-state index in [1.54, 1.807) is 38.1 Å². The van der Waals surface area contributed by atoms with E-state index in [1.807, 2.05) is 0 Å². The first kappa shape index (κ1) is 22.8. The van der Waals surface area contributed by atoms with Crippen LogP contribution in [0.1, 0.15) is 85.0 Å². The number of hydrogen-bond acceptors (Lipinski definition) is 2. The largest absolute Gasteiger partial charge is 0.478 e. The molecule has 0 saturated heterocycles. The molecule has 0 heterocycles. The quantitative estimate of drug-likeness (QED) is 0.372. The van der Waals surface area contributed by atoms with E-state index in [-0.39, 0.29) is 5.91 Å². The van der Waals surface area contributed by atoms with Gasteiger partial charge in [-0.2, -0.15) is 0 Å². The average Bonchev–Trinajstić information content (AvgIpc) is 2.61. The molecule has 0 aliphatic heterocycles. The number of carbonyl (C=O) groups excluding carboxylic acids is 1. The Hall–Kier alpha value is -1.22. The zero-order valence-electron chi connectivity index (χ0n) is 16.8. The van der Waals surface area contributed by atoms with Crippen molar-refractivity contribution in [2.45, 2.75) is 90.6 Å². The van der Waals surface area contributed by atoms with Crippen molar-refractivity contribution in [3.63, 3.8) is 0 Å². The van der Waals surface area contributed by atoms with Crippen LogP contribution in [0.4, 0.5) is 0 Å². The van der Waals surface area contributed by atoms with Crippen molar-refractivity contribution in [3.8, 4) is 5.75 Å². The molecule has 1 aromatic rings. The normalized spacial score (nSPS) is 11.4. The van der Waals surface area contributed by atoms with Gasteiger partial charge in [0.25, 0.3) is 5.91 Å². The Bertz CT molecular complexity index is 499. The van der Waals surface area contributed by atoms with Crippen molar-refractivity contribution in [2.75, 3.05) is 6.54 Å². The van der Waals surface area contributed by atoms with Gasteiger partial charge in [0.1, 0.15) is 5.75 Å². The van der Waals surface area contributed by atoms with Gasteiger partial charge in [0.2, 0.25) is 0 Å². The number of unbranched alkanes of at least 4 members (excludes halogenated alkanes) is 9. The van der Waals surface area contributed by atoms with Crippen molar-refractivity contribution in [1.82, 2.24) is 5.32 Å². The third kappa shape index (κ3) is 10.1. The number of benzene rings is 1. The summed E-state index contributed by atoms with van der Waals surface area (Å²) in [6.07, 6.45) is 12.9. The Morgan fingerprint density at radius 3 is 1.96 bits per heavy atom. The second kappa shape index (κ2) is 13.0. The van der Waals surface area contributed by atoms with Crippen LogP contribution in [0, 0.1) is 0 Å². The van der Waals surface area contributed by atoms with Gasteiger partial charge in [-0.25, -0.2) is 0 Å². The van der Waals surface area contributed by atoms with Gasteiger partial charge < -0.3 is 10.1 Å². The van der Waals surface area contributed by atoms with Crippen LogP contribution in [0.3, 0.4) is 0 Å². The molecule has 1 amide bonds. The molecule has 0 aliphatic carbocycles. The summed E-state index contributed by atoms with van der Waals surface area (Å²) >= 11 is 5.87. The summed E-state index contributed by atoms with van der Waals surface area (Å²) in [5.41, 5.74) is -0.897. The fraction of sp³-hybridized carbons (Fsp3) is 0.682. The maximum atomic E-state index is 12.3. The lowest BCUT2D eigenvalue weighted by atomic mass is 10.1. The summed E-state index contributed by atoms with van der Waals surface area (Å²) in [7, 11) is 0. The number of rotatable bonds is 14. The Kier molecular flexibility index (Phi) is 11.4. The maximum absolute atomic E-state index is 12.3. The van der Waals surface area contributed by atoms with E-state index in [1.165, 1.54) is 57.8 Å². The van der Waals surface area contributed by atoms with Gasteiger partial charge in [-0.1, -0.05) is 76.3 Å². The average molecular weight is 382 g/mol. The third-order valence-electron chi connectivity index (χ3n) is 4.55. The molecule has 0 spiro atoms. The molecular weight excluding hydrogens is 346 g/mol. The smallest absolute Gasteiger partial charge is 0.263 e. The first-order valence-electron chi connectivity index (χ1n) is 10.2. The van der Waals surface area contributed by atoms with Crippen LogP contribution >= 0.6 is 11.6 Å². The summed E-state index contributed by atoms with van der Waals surface area (Å²) < 4.78 is 5.80. The molecule has 0 saturated carbocycles. The molecule has 0 fully saturated rings. The molecule has 4 heteroatoms. The summed E-state index contributed by atoms with van der Waals surface area (Å²) in [6.45, 7) is 6.54. The van der Waals surface area contributed by atoms with Crippen LogP contribution in [-0.2, 0) is 4.79 Å².